The first-order valence-corrected chi connectivity index (χ1v) is 6.88. The zero-order chi connectivity index (χ0) is 12.1. The molecule has 1 aromatic heterocycles. The van der Waals surface area contributed by atoms with Crippen molar-refractivity contribution in [3.05, 3.63) is 18.2 Å². The minimum atomic E-state index is 0.245. The number of nitrogens with two attached hydrogens (primary N) is 1. The van der Waals surface area contributed by atoms with Crippen LogP contribution in [0.15, 0.2) is 12.5 Å². The van der Waals surface area contributed by atoms with Gasteiger partial charge in [-0.3, -0.25) is 4.90 Å². The summed E-state index contributed by atoms with van der Waals surface area (Å²) in [5.74, 6) is 1.12. The molecule has 0 bridgehead atoms. The van der Waals surface area contributed by atoms with Gasteiger partial charge in [0.1, 0.15) is 0 Å². The standard InChI is InChI=1S/C11H22N4S/c1-9(7-16-4)15(3)10(5-12)11-6-13-8-14(11)2/h6,8-10H,5,7,12H2,1-4H3. The Labute approximate surface area is 102 Å². The fraction of sp³-hybridized carbons (Fsp3) is 0.727. The molecule has 92 valence electrons. The van der Waals surface area contributed by atoms with Crippen LogP contribution >= 0.6 is 11.8 Å². The van der Waals surface area contributed by atoms with Crippen LogP contribution in [0.1, 0.15) is 18.7 Å². The van der Waals surface area contributed by atoms with E-state index in [0.717, 1.165) is 5.75 Å². The Morgan fingerprint density at radius 2 is 2.31 bits per heavy atom. The van der Waals surface area contributed by atoms with Crippen molar-refractivity contribution in [2.75, 3.05) is 25.6 Å². The Morgan fingerprint density at radius 3 is 2.75 bits per heavy atom. The van der Waals surface area contributed by atoms with Crippen LogP contribution in [0.5, 0.6) is 0 Å². The van der Waals surface area contributed by atoms with Gasteiger partial charge in [-0.2, -0.15) is 11.8 Å². The predicted octanol–water partition coefficient (Wildman–Crippen LogP) is 1.10. The predicted molar refractivity (Wildman–Crippen MR) is 70.6 cm³/mol. The number of imidazole rings is 1. The van der Waals surface area contributed by atoms with E-state index in [0.29, 0.717) is 12.6 Å². The molecule has 2 atom stereocenters. The molecular formula is C11H22N4S. The lowest BCUT2D eigenvalue weighted by Gasteiger charge is -2.32. The zero-order valence-corrected chi connectivity index (χ0v) is 11.4. The molecule has 0 aliphatic carbocycles. The van der Waals surface area contributed by atoms with E-state index in [1.807, 2.05) is 35.9 Å². The SMILES string of the molecule is CSCC(C)N(C)C(CN)c1cncn1C. The summed E-state index contributed by atoms with van der Waals surface area (Å²) < 4.78 is 2.04. The smallest absolute Gasteiger partial charge is 0.0946 e. The van der Waals surface area contributed by atoms with Crippen LogP contribution in [0, 0.1) is 0 Å². The first-order valence-electron chi connectivity index (χ1n) is 5.49. The highest BCUT2D eigenvalue weighted by Crippen LogP contribution is 2.20. The van der Waals surface area contributed by atoms with Crippen molar-refractivity contribution < 1.29 is 0 Å². The van der Waals surface area contributed by atoms with E-state index in [9.17, 15) is 0 Å². The van der Waals surface area contributed by atoms with Crippen LogP contribution in [0.4, 0.5) is 0 Å². The maximum absolute atomic E-state index is 5.88. The van der Waals surface area contributed by atoms with Gasteiger partial charge in [-0.1, -0.05) is 0 Å². The van der Waals surface area contributed by atoms with Crippen molar-refractivity contribution in [2.24, 2.45) is 12.8 Å². The van der Waals surface area contributed by atoms with Gasteiger partial charge in [-0.15, -0.1) is 0 Å². The third kappa shape index (κ3) is 2.99. The molecule has 1 rings (SSSR count). The van der Waals surface area contributed by atoms with Crippen LogP contribution in [-0.2, 0) is 7.05 Å². The summed E-state index contributed by atoms with van der Waals surface area (Å²) in [7, 11) is 4.14. The molecule has 0 saturated carbocycles. The fourth-order valence-corrected chi connectivity index (χ4v) is 2.57. The number of thioether (sulfide) groups is 1. The molecule has 0 spiro atoms. The normalized spacial score (nSPS) is 15.4. The van der Waals surface area contributed by atoms with Gasteiger partial charge in [0, 0.05) is 31.6 Å². The number of nitrogens with zero attached hydrogens (tertiary/aromatic N) is 3. The number of aryl methyl sites for hydroxylation is 1. The third-order valence-corrected chi connectivity index (χ3v) is 3.83. The first kappa shape index (κ1) is 13.5. The minimum Gasteiger partial charge on any atom is -0.336 e. The molecule has 5 heteroatoms. The van der Waals surface area contributed by atoms with E-state index in [1.54, 1.807) is 0 Å². The molecule has 4 nitrogen and oxygen atoms in total. The van der Waals surface area contributed by atoms with E-state index in [2.05, 4.69) is 30.1 Å². The van der Waals surface area contributed by atoms with E-state index >= 15 is 0 Å². The van der Waals surface area contributed by atoms with Crippen molar-refractivity contribution in [3.63, 3.8) is 0 Å². The Hall–Kier alpha value is -0.520. The van der Waals surface area contributed by atoms with Crippen molar-refractivity contribution >= 4 is 11.8 Å². The van der Waals surface area contributed by atoms with Crippen molar-refractivity contribution in [3.8, 4) is 0 Å². The monoisotopic (exact) mass is 242 g/mol. The van der Waals surface area contributed by atoms with E-state index in [-0.39, 0.29) is 6.04 Å². The number of rotatable bonds is 6. The molecular weight excluding hydrogens is 220 g/mol. The van der Waals surface area contributed by atoms with Crippen LogP contribution in [0.3, 0.4) is 0 Å². The molecule has 0 amide bonds. The molecule has 0 aromatic carbocycles. The summed E-state index contributed by atoms with van der Waals surface area (Å²) in [6, 6.07) is 0.757. The Bertz CT molecular complexity index is 313. The van der Waals surface area contributed by atoms with Crippen LogP contribution in [0.2, 0.25) is 0 Å². The van der Waals surface area contributed by atoms with E-state index in [1.165, 1.54) is 5.69 Å². The first-order chi connectivity index (χ1) is 7.61. The van der Waals surface area contributed by atoms with Gasteiger partial charge in [0.15, 0.2) is 0 Å². The Morgan fingerprint density at radius 1 is 1.62 bits per heavy atom. The summed E-state index contributed by atoms with van der Waals surface area (Å²) in [6.07, 6.45) is 5.86. The van der Waals surface area contributed by atoms with Crippen molar-refractivity contribution in [1.29, 1.82) is 0 Å². The van der Waals surface area contributed by atoms with Crippen LogP contribution in [0.25, 0.3) is 0 Å². The summed E-state index contributed by atoms with van der Waals surface area (Å²) >= 11 is 1.86. The molecule has 1 aromatic rings. The summed E-state index contributed by atoms with van der Waals surface area (Å²) in [6.45, 7) is 2.85. The summed E-state index contributed by atoms with van der Waals surface area (Å²) in [5.41, 5.74) is 7.06. The van der Waals surface area contributed by atoms with Crippen molar-refractivity contribution in [1.82, 2.24) is 14.5 Å². The highest BCUT2D eigenvalue weighted by atomic mass is 32.2. The van der Waals surface area contributed by atoms with Gasteiger partial charge in [0.05, 0.1) is 18.1 Å². The van der Waals surface area contributed by atoms with Gasteiger partial charge in [-0.25, -0.2) is 4.98 Å². The van der Waals surface area contributed by atoms with Gasteiger partial charge in [-0.05, 0) is 20.2 Å². The molecule has 16 heavy (non-hydrogen) atoms. The minimum absolute atomic E-state index is 0.245. The average molecular weight is 242 g/mol. The second-order valence-corrected chi connectivity index (χ2v) is 5.06. The maximum atomic E-state index is 5.88. The third-order valence-electron chi connectivity index (χ3n) is 3.01. The molecule has 0 saturated heterocycles. The van der Waals surface area contributed by atoms with Gasteiger partial charge >= 0.3 is 0 Å². The molecule has 0 radical (unpaired) electrons. The van der Waals surface area contributed by atoms with Crippen LogP contribution < -0.4 is 5.73 Å². The quantitative estimate of drug-likeness (QED) is 0.811. The summed E-state index contributed by atoms with van der Waals surface area (Å²) in [4.78, 5) is 6.48. The van der Waals surface area contributed by atoms with Gasteiger partial charge < -0.3 is 10.3 Å². The molecule has 1 heterocycles. The number of hydrogen-bond acceptors (Lipinski definition) is 4. The summed E-state index contributed by atoms with van der Waals surface area (Å²) in [5, 5.41) is 0. The zero-order valence-electron chi connectivity index (χ0n) is 10.6. The number of aromatic nitrogens is 2. The van der Waals surface area contributed by atoms with Gasteiger partial charge in [0.2, 0.25) is 0 Å². The van der Waals surface area contributed by atoms with E-state index in [4.69, 9.17) is 5.73 Å². The second kappa shape index (κ2) is 6.27. The van der Waals surface area contributed by atoms with Gasteiger partial charge in [0.25, 0.3) is 0 Å². The van der Waals surface area contributed by atoms with E-state index < -0.39 is 0 Å². The second-order valence-electron chi connectivity index (χ2n) is 4.15. The average Bonchev–Trinajstić information content (AvgIpc) is 2.66. The largest absolute Gasteiger partial charge is 0.336 e. The molecule has 0 fully saturated rings. The Balaban J connectivity index is 2.78. The molecule has 2 unspecified atom stereocenters. The lowest BCUT2D eigenvalue weighted by Crippen LogP contribution is -2.39. The highest BCUT2D eigenvalue weighted by Gasteiger charge is 2.22. The Kier molecular flexibility index (Phi) is 5.31. The highest BCUT2D eigenvalue weighted by molar-refractivity contribution is 7.98. The molecule has 0 aliphatic rings. The number of hydrogen-bond donors (Lipinski definition) is 1. The molecule has 2 N–H and O–H groups in total. The fourth-order valence-electron chi connectivity index (χ4n) is 1.85. The van der Waals surface area contributed by atoms with Crippen LogP contribution in [-0.4, -0.2) is 46.1 Å². The topological polar surface area (TPSA) is 47.1 Å². The van der Waals surface area contributed by atoms with Crippen molar-refractivity contribution in [2.45, 2.75) is 19.0 Å². The lowest BCUT2D eigenvalue weighted by atomic mass is 10.1. The lowest BCUT2D eigenvalue weighted by molar-refractivity contribution is 0.198. The maximum Gasteiger partial charge on any atom is 0.0946 e. The molecule has 0 aliphatic heterocycles. The number of likely N-dealkylation sites (N-methyl/N-ethyl adjacent to an activating group) is 1.